The standard InChI is InChI=1S/C47H88NO7P/c1-6-8-10-12-14-16-18-20-22-23-24-25-26-27-28-30-32-34-36-38-40-47(49)55-46(45-54-56(50,51)53-43-41-48(3,4)5)44-52-42-39-37-35-33-31-29-21-19-17-15-13-11-9-7-2/h9,11,15,17,21,29,33,35,46H,6-8,10,12-14,16,18-20,22-28,30-32,34,36-45H2,1-5H3/p+1/b11-9-,17-15-,29-21-,35-33-. The van der Waals surface area contributed by atoms with E-state index in [4.69, 9.17) is 18.5 Å². The molecule has 0 amide bonds. The van der Waals surface area contributed by atoms with Crippen LogP contribution in [0.15, 0.2) is 48.6 Å². The van der Waals surface area contributed by atoms with Crippen LogP contribution >= 0.6 is 7.82 Å². The van der Waals surface area contributed by atoms with Crippen molar-refractivity contribution < 1.29 is 37.3 Å². The van der Waals surface area contributed by atoms with Gasteiger partial charge in [0.1, 0.15) is 19.3 Å². The first-order valence-electron chi connectivity index (χ1n) is 22.9. The van der Waals surface area contributed by atoms with Crippen molar-refractivity contribution in [1.82, 2.24) is 0 Å². The Morgan fingerprint density at radius 2 is 1.02 bits per heavy atom. The van der Waals surface area contributed by atoms with Gasteiger partial charge in [0.05, 0.1) is 34.4 Å². The molecule has 9 heteroatoms. The number of rotatable bonds is 42. The molecule has 0 heterocycles. The number of esters is 1. The number of likely N-dealkylation sites (N-methyl/N-ethyl adjacent to an activating group) is 1. The van der Waals surface area contributed by atoms with Gasteiger partial charge in [0.25, 0.3) is 0 Å². The summed E-state index contributed by atoms with van der Waals surface area (Å²) in [4.78, 5) is 22.9. The number of hydrogen-bond donors (Lipinski definition) is 1. The van der Waals surface area contributed by atoms with E-state index in [1.807, 2.05) is 21.1 Å². The van der Waals surface area contributed by atoms with Gasteiger partial charge in [0.15, 0.2) is 0 Å². The monoisotopic (exact) mass is 811 g/mol. The number of hydrogen-bond acceptors (Lipinski definition) is 6. The highest BCUT2D eigenvalue weighted by molar-refractivity contribution is 7.47. The molecular weight excluding hydrogens is 721 g/mol. The maximum absolute atomic E-state index is 12.7. The third-order valence-electron chi connectivity index (χ3n) is 9.65. The van der Waals surface area contributed by atoms with Crippen molar-refractivity contribution in [3.63, 3.8) is 0 Å². The molecular formula is C47H89NO7P+. The minimum Gasteiger partial charge on any atom is -0.457 e. The second kappa shape index (κ2) is 40.2. The number of nitrogens with zero attached hydrogens (tertiary/aromatic N) is 1. The number of phosphoric acid groups is 1. The molecule has 0 saturated heterocycles. The second-order valence-corrected chi connectivity index (χ2v) is 17.9. The number of carbonyl (C=O) groups excluding carboxylic acids is 1. The van der Waals surface area contributed by atoms with E-state index in [-0.39, 0.29) is 25.8 Å². The average Bonchev–Trinajstić information content (AvgIpc) is 3.15. The third kappa shape index (κ3) is 43.6. The first-order valence-corrected chi connectivity index (χ1v) is 24.4. The lowest BCUT2D eigenvalue weighted by atomic mass is 10.0. The van der Waals surface area contributed by atoms with E-state index < -0.39 is 13.9 Å². The Kier molecular flexibility index (Phi) is 39.1. The van der Waals surface area contributed by atoms with E-state index in [9.17, 15) is 14.3 Å². The van der Waals surface area contributed by atoms with Crippen molar-refractivity contribution >= 4 is 13.8 Å². The van der Waals surface area contributed by atoms with E-state index >= 15 is 0 Å². The molecule has 56 heavy (non-hydrogen) atoms. The van der Waals surface area contributed by atoms with Crippen molar-refractivity contribution in [2.75, 3.05) is 54.1 Å². The van der Waals surface area contributed by atoms with Crippen molar-refractivity contribution in [3.8, 4) is 0 Å². The Morgan fingerprint density at radius 3 is 1.48 bits per heavy atom. The summed E-state index contributed by atoms with van der Waals surface area (Å²) in [5, 5.41) is 0. The number of unbranched alkanes of at least 4 members (excludes halogenated alkanes) is 20. The van der Waals surface area contributed by atoms with Crippen LogP contribution in [-0.2, 0) is 27.9 Å². The molecule has 0 aliphatic carbocycles. The number of carbonyl (C=O) groups is 1. The van der Waals surface area contributed by atoms with Crippen LogP contribution in [0.1, 0.15) is 187 Å². The summed E-state index contributed by atoms with van der Waals surface area (Å²) in [7, 11) is 1.63. The normalized spacial score (nSPS) is 14.2. The quantitative estimate of drug-likeness (QED) is 0.0216. The van der Waals surface area contributed by atoms with Gasteiger partial charge < -0.3 is 18.9 Å². The Hall–Kier alpha value is -1.54. The Balaban J connectivity index is 4.22. The largest absolute Gasteiger partial charge is 0.472 e. The smallest absolute Gasteiger partial charge is 0.457 e. The van der Waals surface area contributed by atoms with Crippen LogP contribution < -0.4 is 0 Å². The first-order chi connectivity index (χ1) is 27.1. The predicted molar refractivity (Wildman–Crippen MR) is 238 cm³/mol. The van der Waals surface area contributed by atoms with Crippen LogP contribution in [0.3, 0.4) is 0 Å². The minimum absolute atomic E-state index is 0.0783. The second-order valence-electron chi connectivity index (χ2n) is 16.4. The molecule has 0 aromatic rings. The van der Waals surface area contributed by atoms with Gasteiger partial charge in [-0.3, -0.25) is 13.8 Å². The van der Waals surface area contributed by atoms with Crippen LogP contribution in [-0.4, -0.2) is 75.6 Å². The molecule has 0 radical (unpaired) electrons. The highest BCUT2D eigenvalue weighted by atomic mass is 31.2. The fourth-order valence-corrected chi connectivity index (χ4v) is 6.89. The van der Waals surface area contributed by atoms with E-state index in [2.05, 4.69) is 62.5 Å². The molecule has 0 aliphatic heterocycles. The Labute approximate surface area is 346 Å². The van der Waals surface area contributed by atoms with Gasteiger partial charge in [0.2, 0.25) is 0 Å². The van der Waals surface area contributed by atoms with Crippen LogP contribution in [0.2, 0.25) is 0 Å². The number of quaternary nitrogens is 1. The van der Waals surface area contributed by atoms with Gasteiger partial charge in [-0.1, -0.05) is 184 Å². The molecule has 0 spiro atoms. The molecule has 8 nitrogen and oxygen atoms in total. The molecule has 328 valence electrons. The molecule has 0 fully saturated rings. The summed E-state index contributed by atoms with van der Waals surface area (Å²) in [5.74, 6) is -0.330. The predicted octanol–water partition coefficient (Wildman–Crippen LogP) is 13.6. The molecule has 0 aliphatic rings. The van der Waals surface area contributed by atoms with Crippen LogP contribution in [0.25, 0.3) is 0 Å². The van der Waals surface area contributed by atoms with Crippen LogP contribution in [0.5, 0.6) is 0 Å². The maximum Gasteiger partial charge on any atom is 0.472 e. The lowest BCUT2D eigenvalue weighted by molar-refractivity contribution is -0.870. The number of allylic oxidation sites excluding steroid dienone is 8. The van der Waals surface area contributed by atoms with E-state index in [1.165, 1.54) is 109 Å². The fourth-order valence-electron chi connectivity index (χ4n) is 6.15. The molecule has 2 unspecified atom stereocenters. The molecule has 0 rings (SSSR count). The molecule has 0 aromatic carbocycles. The molecule has 0 saturated carbocycles. The fraction of sp³-hybridized carbons (Fsp3) is 0.809. The highest BCUT2D eigenvalue weighted by Crippen LogP contribution is 2.43. The maximum atomic E-state index is 12.7. The third-order valence-corrected chi connectivity index (χ3v) is 10.6. The number of ether oxygens (including phenoxy) is 2. The van der Waals surface area contributed by atoms with Crippen molar-refractivity contribution in [3.05, 3.63) is 48.6 Å². The summed E-state index contributed by atoms with van der Waals surface area (Å²) >= 11 is 0. The van der Waals surface area contributed by atoms with Crippen molar-refractivity contribution in [1.29, 1.82) is 0 Å². The summed E-state index contributed by atoms with van der Waals surface area (Å²) < 4.78 is 34.9. The minimum atomic E-state index is -4.29. The van der Waals surface area contributed by atoms with Gasteiger partial charge >= 0.3 is 13.8 Å². The van der Waals surface area contributed by atoms with Crippen molar-refractivity contribution in [2.24, 2.45) is 0 Å². The van der Waals surface area contributed by atoms with Gasteiger partial charge in [0, 0.05) is 13.0 Å². The zero-order valence-electron chi connectivity index (χ0n) is 37.1. The zero-order chi connectivity index (χ0) is 41.3. The van der Waals surface area contributed by atoms with Crippen LogP contribution in [0.4, 0.5) is 0 Å². The molecule has 0 aromatic heterocycles. The molecule has 2 atom stereocenters. The van der Waals surface area contributed by atoms with E-state index in [1.54, 1.807) is 0 Å². The topological polar surface area (TPSA) is 91.3 Å². The zero-order valence-corrected chi connectivity index (χ0v) is 38.0. The summed E-state index contributed by atoms with van der Waals surface area (Å²) in [5.41, 5.74) is 0. The van der Waals surface area contributed by atoms with E-state index in [0.29, 0.717) is 24.1 Å². The van der Waals surface area contributed by atoms with E-state index in [0.717, 1.165) is 57.8 Å². The van der Waals surface area contributed by atoms with Gasteiger partial charge in [-0.25, -0.2) is 4.57 Å². The Bertz CT molecular complexity index is 1040. The lowest BCUT2D eigenvalue weighted by Gasteiger charge is -2.24. The Morgan fingerprint density at radius 1 is 0.571 bits per heavy atom. The summed E-state index contributed by atoms with van der Waals surface area (Å²) in [6, 6.07) is 0. The highest BCUT2D eigenvalue weighted by Gasteiger charge is 2.26. The SMILES string of the molecule is CC/C=C\C/C=C\C/C=C\C/C=C\CCCOCC(COP(=O)(O)OCC[N+](C)(C)C)OC(=O)CCCCCCCCCCCCCCCCCCCCCC. The number of phosphoric ester groups is 1. The summed E-state index contributed by atoms with van der Waals surface area (Å²) in [6.45, 7) is 5.37. The first kappa shape index (κ1) is 54.5. The van der Waals surface area contributed by atoms with Gasteiger partial charge in [-0.15, -0.1) is 0 Å². The average molecular weight is 811 g/mol. The van der Waals surface area contributed by atoms with Crippen molar-refractivity contribution in [2.45, 2.75) is 193 Å². The van der Waals surface area contributed by atoms with Crippen LogP contribution in [0, 0.1) is 0 Å². The molecule has 0 bridgehead atoms. The van der Waals surface area contributed by atoms with Gasteiger partial charge in [-0.05, 0) is 44.9 Å². The van der Waals surface area contributed by atoms with Gasteiger partial charge in [-0.2, -0.15) is 0 Å². The summed E-state index contributed by atoms with van der Waals surface area (Å²) in [6.07, 6.45) is 48.8. The lowest BCUT2D eigenvalue weighted by Crippen LogP contribution is -2.37. The molecule has 1 N–H and O–H groups in total.